The summed E-state index contributed by atoms with van der Waals surface area (Å²) in [4.78, 5) is 24.7. The van der Waals surface area contributed by atoms with Crippen LogP contribution in [0.5, 0.6) is 0 Å². The van der Waals surface area contributed by atoms with Crippen LogP contribution in [0, 0.1) is 0 Å². The molecule has 0 unspecified atom stereocenters. The standard InChI is InChI=1S/C18H28BNO5/c1-18(2,3)25-13-15(16(21)23-4)19(10-11-20)17(22)24-12-14-8-6-5-7-9-14/h5-9,15H,10-13,20H2,1-4H3/t15-/m1/s1. The van der Waals surface area contributed by atoms with Crippen LogP contribution in [0.15, 0.2) is 30.3 Å². The Balaban J connectivity index is 2.82. The first-order chi connectivity index (χ1) is 11.8. The molecule has 0 heterocycles. The second kappa shape index (κ2) is 10.2. The van der Waals surface area contributed by atoms with Crippen LogP contribution in [0.4, 0.5) is 4.79 Å². The van der Waals surface area contributed by atoms with Crippen molar-refractivity contribution in [2.45, 2.75) is 45.1 Å². The van der Waals surface area contributed by atoms with Gasteiger partial charge in [-0.2, -0.15) is 0 Å². The van der Waals surface area contributed by atoms with E-state index in [0.29, 0.717) is 6.32 Å². The van der Waals surface area contributed by atoms with Gasteiger partial charge >= 0.3 is 5.97 Å². The van der Waals surface area contributed by atoms with Crippen molar-refractivity contribution >= 4 is 18.6 Å². The van der Waals surface area contributed by atoms with Gasteiger partial charge in [-0.3, -0.25) is 9.59 Å². The third-order valence-electron chi connectivity index (χ3n) is 3.69. The fraction of sp³-hybridized carbons (Fsp3) is 0.556. The van der Waals surface area contributed by atoms with Gasteiger partial charge in [0.15, 0.2) is 0 Å². The van der Waals surface area contributed by atoms with Crippen molar-refractivity contribution in [3.8, 4) is 0 Å². The third kappa shape index (κ3) is 7.71. The molecule has 7 heteroatoms. The molecule has 1 aromatic rings. The highest BCUT2D eigenvalue weighted by atomic mass is 16.5. The molecule has 0 aliphatic rings. The van der Waals surface area contributed by atoms with E-state index in [2.05, 4.69) is 0 Å². The highest BCUT2D eigenvalue weighted by molar-refractivity contribution is 6.91. The van der Waals surface area contributed by atoms with Gasteiger partial charge < -0.3 is 19.9 Å². The average Bonchev–Trinajstić information content (AvgIpc) is 2.58. The van der Waals surface area contributed by atoms with Gasteiger partial charge in [-0.05, 0) is 39.2 Å². The number of methoxy groups -OCH3 is 1. The van der Waals surface area contributed by atoms with Crippen molar-refractivity contribution in [1.29, 1.82) is 0 Å². The Morgan fingerprint density at radius 2 is 1.84 bits per heavy atom. The van der Waals surface area contributed by atoms with Gasteiger partial charge in [0.1, 0.15) is 6.61 Å². The summed E-state index contributed by atoms with van der Waals surface area (Å²) in [6.45, 7) is 5.42. The summed E-state index contributed by atoms with van der Waals surface area (Å²) in [5.74, 6) is -1.72. The Morgan fingerprint density at radius 3 is 2.36 bits per heavy atom. The molecule has 0 saturated heterocycles. The van der Waals surface area contributed by atoms with Crippen LogP contribution in [-0.4, -0.2) is 44.4 Å². The molecule has 0 radical (unpaired) electrons. The predicted octanol–water partition coefficient (Wildman–Crippen LogP) is 2.72. The molecule has 1 atom stereocenters. The van der Waals surface area contributed by atoms with E-state index in [4.69, 9.17) is 19.9 Å². The summed E-state index contributed by atoms with van der Waals surface area (Å²) in [6, 6.07) is 9.36. The van der Waals surface area contributed by atoms with Crippen LogP contribution in [0.25, 0.3) is 0 Å². The number of esters is 1. The third-order valence-corrected chi connectivity index (χ3v) is 3.69. The molecule has 0 fully saturated rings. The Kier molecular flexibility index (Phi) is 8.65. The van der Waals surface area contributed by atoms with Crippen LogP contribution in [0.3, 0.4) is 0 Å². The van der Waals surface area contributed by atoms with E-state index in [-0.39, 0.29) is 19.8 Å². The molecule has 2 N–H and O–H groups in total. The van der Waals surface area contributed by atoms with Crippen molar-refractivity contribution in [3.63, 3.8) is 0 Å². The highest BCUT2D eigenvalue weighted by Gasteiger charge is 2.40. The average molecular weight is 349 g/mol. The number of carbonyl (C=O) groups excluding carboxylic acids is 2. The molecule has 0 saturated carbocycles. The minimum Gasteiger partial charge on any atom is -0.469 e. The summed E-state index contributed by atoms with van der Waals surface area (Å²) in [6.07, 6.45) is 0.320. The minimum atomic E-state index is -0.754. The number of rotatable bonds is 9. The fourth-order valence-electron chi connectivity index (χ4n) is 2.34. The molecule has 0 aliphatic heterocycles. The minimum absolute atomic E-state index is 0.0707. The maximum Gasteiger partial charge on any atom is 0.304 e. The second-order valence-electron chi connectivity index (χ2n) is 6.83. The Labute approximate surface area is 150 Å². The zero-order chi connectivity index (χ0) is 18.9. The van der Waals surface area contributed by atoms with E-state index >= 15 is 0 Å². The van der Waals surface area contributed by atoms with E-state index < -0.39 is 30.0 Å². The Morgan fingerprint density at radius 1 is 1.20 bits per heavy atom. The zero-order valence-corrected chi connectivity index (χ0v) is 15.5. The molecular formula is C18H28BNO5. The quantitative estimate of drug-likeness (QED) is 0.545. The van der Waals surface area contributed by atoms with Gasteiger partial charge in [-0.1, -0.05) is 30.3 Å². The van der Waals surface area contributed by atoms with E-state index in [1.807, 2.05) is 51.1 Å². The van der Waals surface area contributed by atoms with Gasteiger partial charge in [0, 0.05) is 0 Å². The van der Waals surface area contributed by atoms with E-state index in [1.165, 1.54) is 7.11 Å². The summed E-state index contributed by atoms with van der Waals surface area (Å²) in [5, 5.41) is 0. The first-order valence-corrected chi connectivity index (χ1v) is 8.41. The maximum atomic E-state index is 12.6. The second-order valence-corrected chi connectivity index (χ2v) is 6.83. The molecule has 138 valence electrons. The normalized spacial score (nSPS) is 12.4. The first-order valence-electron chi connectivity index (χ1n) is 8.41. The van der Waals surface area contributed by atoms with E-state index in [0.717, 1.165) is 5.56 Å². The van der Waals surface area contributed by atoms with E-state index in [1.54, 1.807) is 0 Å². The first kappa shape index (κ1) is 21.2. The molecule has 1 rings (SSSR count). The summed E-state index contributed by atoms with van der Waals surface area (Å²) in [7, 11) is 1.29. The maximum absolute atomic E-state index is 12.6. The smallest absolute Gasteiger partial charge is 0.304 e. The lowest BCUT2D eigenvalue weighted by molar-refractivity contribution is -0.143. The molecule has 25 heavy (non-hydrogen) atoms. The van der Waals surface area contributed by atoms with Crippen molar-refractivity contribution in [3.05, 3.63) is 35.9 Å². The molecule has 0 aliphatic carbocycles. The number of nitrogens with two attached hydrogens (primary N) is 1. The van der Waals surface area contributed by atoms with Gasteiger partial charge in [-0.25, -0.2) is 0 Å². The number of carbonyl (C=O) groups is 2. The summed E-state index contributed by atoms with van der Waals surface area (Å²) < 4.78 is 15.9. The van der Waals surface area contributed by atoms with Crippen molar-refractivity contribution < 1.29 is 23.8 Å². The predicted molar refractivity (Wildman–Crippen MR) is 97.7 cm³/mol. The fourth-order valence-corrected chi connectivity index (χ4v) is 2.34. The van der Waals surface area contributed by atoms with Crippen molar-refractivity contribution in [2.75, 3.05) is 20.3 Å². The van der Waals surface area contributed by atoms with Gasteiger partial charge in [0.25, 0.3) is 12.6 Å². The van der Waals surface area contributed by atoms with Crippen LogP contribution in [0.1, 0.15) is 26.3 Å². The van der Waals surface area contributed by atoms with Crippen LogP contribution < -0.4 is 5.73 Å². The number of hydrogen-bond donors (Lipinski definition) is 1. The Hall–Kier alpha value is -1.86. The number of benzene rings is 1. The van der Waals surface area contributed by atoms with Crippen molar-refractivity contribution in [1.82, 2.24) is 0 Å². The number of ether oxygens (including phenoxy) is 3. The van der Waals surface area contributed by atoms with Gasteiger partial charge in [0.2, 0.25) is 0 Å². The molecule has 0 bridgehead atoms. The lowest BCUT2D eigenvalue weighted by Crippen LogP contribution is -2.41. The molecule has 6 nitrogen and oxygen atoms in total. The van der Waals surface area contributed by atoms with Crippen molar-refractivity contribution in [2.24, 2.45) is 5.73 Å². The lowest BCUT2D eigenvalue weighted by Gasteiger charge is -2.26. The largest absolute Gasteiger partial charge is 0.469 e. The number of hydrogen-bond acceptors (Lipinski definition) is 6. The van der Waals surface area contributed by atoms with Crippen LogP contribution >= 0.6 is 0 Å². The molecule has 1 aromatic carbocycles. The van der Waals surface area contributed by atoms with Crippen LogP contribution in [-0.2, 0) is 25.6 Å². The van der Waals surface area contributed by atoms with Gasteiger partial charge in [-0.15, -0.1) is 0 Å². The molecule has 0 aromatic heterocycles. The lowest BCUT2D eigenvalue weighted by atomic mass is 9.39. The monoisotopic (exact) mass is 349 g/mol. The molecule has 0 amide bonds. The van der Waals surface area contributed by atoms with Crippen LogP contribution in [0.2, 0.25) is 12.1 Å². The molecular weight excluding hydrogens is 321 g/mol. The molecule has 0 spiro atoms. The topological polar surface area (TPSA) is 87.9 Å². The SMILES string of the molecule is COC(=O)[C@@H](COC(C)(C)C)B(CCN)C(=O)OCc1ccccc1. The van der Waals surface area contributed by atoms with Gasteiger partial charge in [0.05, 0.1) is 25.1 Å². The highest BCUT2D eigenvalue weighted by Crippen LogP contribution is 2.22. The summed E-state index contributed by atoms with van der Waals surface area (Å²) >= 11 is 0. The zero-order valence-electron chi connectivity index (χ0n) is 15.5. The Bertz CT molecular complexity index is 544. The van der Waals surface area contributed by atoms with E-state index in [9.17, 15) is 9.59 Å². The summed E-state index contributed by atoms with van der Waals surface area (Å²) in [5.41, 5.74) is 6.08.